The fraction of sp³-hybridized carbons (Fsp3) is 0.333. The molecule has 0 spiro atoms. The van der Waals surface area contributed by atoms with Gasteiger partial charge in [0.1, 0.15) is 5.82 Å². The van der Waals surface area contributed by atoms with Crippen molar-refractivity contribution in [3.8, 4) is 0 Å². The van der Waals surface area contributed by atoms with Gasteiger partial charge in [0.25, 0.3) is 10.0 Å². The fourth-order valence-corrected chi connectivity index (χ4v) is 4.61. The lowest BCUT2D eigenvalue weighted by Crippen LogP contribution is -2.39. The molecule has 1 aliphatic heterocycles. The van der Waals surface area contributed by atoms with E-state index < -0.39 is 21.8 Å². The Morgan fingerprint density at radius 3 is 2.71 bits per heavy atom. The van der Waals surface area contributed by atoms with E-state index in [0.717, 1.165) is 12.1 Å². The summed E-state index contributed by atoms with van der Waals surface area (Å²) in [5.74, 6) is -2.63. The van der Waals surface area contributed by atoms with Gasteiger partial charge in [-0.1, -0.05) is 6.07 Å². The van der Waals surface area contributed by atoms with Crippen LogP contribution in [0.5, 0.6) is 0 Å². The van der Waals surface area contributed by atoms with E-state index in [2.05, 4.69) is 4.72 Å². The number of rotatable bonds is 7. The quantitative estimate of drug-likeness (QED) is 0.623. The maximum absolute atomic E-state index is 13.5. The lowest BCUT2D eigenvalue weighted by molar-refractivity contribution is -0.148. The van der Waals surface area contributed by atoms with Gasteiger partial charge in [-0.05, 0) is 56.2 Å². The van der Waals surface area contributed by atoms with Crippen molar-refractivity contribution in [2.45, 2.75) is 24.7 Å². The first-order valence-electron chi connectivity index (χ1n) is 9.78. The summed E-state index contributed by atoms with van der Waals surface area (Å²) >= 11 is 0. The first-order valence-corrected chi connectivity index (χ1v) is 11.3. The summed E-state index contributed by atoms with van der Waals surface area (Å²) in [6.07, 6.45) is 1.33. The van der Waals surface area contributed by atoms with Crippen LogP contribution in [0.2, 0.25) is 0 Å². The van der Waals surface area contributed by atoms with E-state index in [1.807, 2.05) is 4.90 Å². The number of nitrogens with zero attached hydrogens (tertiary/aromatic N) is 1. The number of hydrogen-bond donors (Lipinski definition) is 2. The number of carbonyl (C=O) groups is 2. The van der Waals surface area contributed by atoms with E-state index in [4.69, 9.17) is 4.74 Å². The molecule has 0 saturated carbocycles. The first kappa shape index (κ1) is 22.5. The minimum atomic E-state index is -4.18. The minimum absolute atomic E-state index is 0.0358. The summed E-state index contributed by atoms with van der Waals surface area (Å²) in [7, 11) is -4.18. The molecule has 0 aliphatic carbocycles. The zero-order chi connectivity index (χ0) is 22.6. The molecule has 1 aliphatic rings. The van der Waals surface area contributed by atoms with Crippen LogP contribution in [0.15, 0.2) is 47.4 Å². The molecule has 0 radical (unpaired) electrons. The van der Waals surface area contributed by atoms with Crippen molar-refractivity contribution >= 4 is 33.3 Å². The third-order valence-electron chi connectivity index (χ3n) is 4.98. The summed E-state index contributed by atoms with van der Waals surface area (Å²) < 4.78 is 46.6. The Labute approximate surface area is 179 Å². The zero-order valence-electron chi connectivity index (χ0n) is 16.9. The number of esters is 1. The smallest absolute Gasteiger partial charge is 0.335 e. The number of piperidine rings is 1. The van der Waals surface area contributed by atoms with E-state index in [0.29, 0.717) is 31.6 Å². The number of aromatic carboxylic acids is 1. The molecule has 2 aromatic rings. The highest BCUT2D eigenvalue weighted by Crippen LogP contribution is 2.33. The first-order chi connectivity index (χ1) is 14.7. The van der Waals surface area contributed by atoms with E-state index in [9.17, 15) is 27.5 Å². The second-order valence-electron chi connectivity index (χ2n) is 7.14. The minimum Gasteiger partial charge on any atom is -0.478 e. The summed E-state index contributed by atoms with van der Waals surface area (Å²) in [5, 5.41) is 9.33. The average molecular weight is 450 g/mol. The van der Waals surface area contributed by atoms with Crippen LogP contribution >= 0.6 is 0 Å². The van der Waals surface area contributed by atoms with Crippen molar-refractivity contribution in [2.75, 3.05) is 29.3 Å². The van der Waals surface area contributed by atoms with Gasteiger partial charge < -0.3 is 14.7 Å². The Hall–Kier alpha value is -3.14. The van der Waals surface area contributed by atoms with Crippen molar-refractivity contribution < 1.29 is 32.2 Å². The topological polar surface area (TPSA) is 113 Å². The number of sulfonamides is 1. The summed E-state index contributed by atoms with van der Waals surface area (Å²) in [5.41, 5.74) is 0.354. The number of ether oxygens (including phenoxy) is 1. The van der Waals surface area contributed by atoms with Crippen LogP contribution in [0.1, 0.15) is 30.1 Å². The van der Waals surface area contributed by atoms with Crippen molar-refractivity contribution in [3.63, 3.8) is 0 Å². The van der Waals surface area contributed by atoms with Crippen molar-refractivity contribution in [2.24, 2.45) is 5.92 Å². The number of nitrogens with one attached hydrogen (secondary N) is 1. The molecule has 3 rings (SSSR count). The predicted molar refractivity (Wildman–Crippen MR) is 112 cm³/mol. The fourth-order valence-electron chi connectivity index (χ4n) is 3.51. The summed E-state index contributed by atoms with van der Waals surface area (Å²) in [6.45, 7) is 2.85. The Kier molecular flexibility index (Phi) is 6.79. The summed E-state index contributed by atoms with van der Waals surface area (Å²) in [4.78, 5) is 25.1. The van der Waals surface area contributed by atoms with E-state index in [-0.39, 0.29) is 34.6 Å². The van der Waals surface area contributed by atoms with Crippen molar-refractivity contribution in [1.82, 2.24) is 0 Å². The number of carboxylic acid groups (broad SMARTS) is 1. The van der Waals surface area contributed by atoms with Crippen LogP contribution in [-0.2, 0) is 19.6 Å². The SMILES string of the molecule is CCOC(=O)[C@H]1CCCN(c2ccc(C(=O)O)cc2NS(=O)(=O)c2cccc(F)c2)C1. The molecule has 1 fully saturated rings. The molecule has 0 bridgehead atoms. The molecule has 2 N–H and O–H groups in total. The monoisotopic (exact) mass is 450 g/mol. The van der Waals surface area contributed by atoms with Gasteiger partial charge in [-0.25, -0.2) is 17.6 Å². The highest BCUT2D eigenvalue weighted by atomic mass is 32.2. The third kappa shape index (κ3) is 5.32. The van der Waals surface area contributed by atoms with Gasteiger partial charge in [0.15, 0.2) is 0 Å². The van der Waals surface area contributed by atoms with Gasteiger partial charge in [0.2, 0.25) is 0 Å². The van der Waals surface area contributed by atoms with Crippen LogP contribution in [0.25, 0.3) is 0 Å². The number of halogens is 1. The number of benzene rings is 2. The molecule has 0 unspecified atom stereocenters. The number of carbonyl (C=O) groups excluding carboxylic acids is 1. The second kappa shape index (κ2) is 9.34. The lowest BCUT2D eigenvalue weighted by atomic mass is 9.97. The van der Waals surface area contributed by atoms with Crippen LogP contribution in [-0.4, -0.2) is 45.2 Å². The van der Waals surface area contributed by atoms with E-state index >= 15 is 0 Å². The molecule has 10 heteroatoms. The number of anilines is 2. The second-order valence-corrected chi connectivity index (χ2v) is 8.82. The number of carboxylic acids is 1. The van der Waals surface area contributed by atoms with Gasteiger partial charge in [-0.15, -0.1) is 0 Å². The Balaban J connectivity index is 1.96. The van der Waals surface area contributed by atoms with Gasteiger partial charge in [0, 0.05) is 13.1 Å². The molecule has 1 atom stereocenters. The zero-order valence-corrected chi connectivity index (χ0v) is 17.7. The van der Waals surface area contributed by atoms with Crippen molar-refractivity contribution in [1.29, 1.82) is 0 Å². The molecule has 8 nitrogen and oxygen atoms in total. The normalized spacial score (nSPS) is 16.6. The number of hydrogen-bond acceptors (Lipinski definition) is 6. The Morgan fingerprint density at radius 1 is 1.26 bits per heavy atom. The molecular weight excluding hydrogens is 427 g/mol. The molecule has 166 valence electrons. The van der Waals surface area contributed by atoms with Crippen LogP contribution in [0, 0.1) is 11.7 Å². The summed E-state index contributed by atoms with van der Waals surface area (Å²) in [6, 6.07) is 8.59. The van der Waals surface area contributed by atoms with Crippen LogP contribution < -0.4 is 9.62 Å². The van der Waals surface area contributed by atoms with Gasteiger partial charge in [0.05, 0.1) is 34.4 Å². The van der Waals surface area contributed by atoms with Crippen LogP contribution in [0.4, 0.5) is 15.8 Å². The lowest BCUT2D eigenvalue weighted by Gasteiger charge is -2.34. The molecule has 0 amide bonds. The standard InChI is InChI=1S/C21H23FN2O6S/c1-2-30-21(27)15-5-4-10-24(13-15)19-9-8-14(20(25)26)11-18(19)23-31(28,29)17-7-3-6-16(22)12-17/h3,6-9,11-12,15,23H,2,4-5,10,13H2,1H3,(H,25,26)/t15-/m0/s1. The van der Waals surface area contributed by atoms with Crippen LogP contribution in [0.3, 0.4) is 0 Å². The average Bonchev–Trinajstić information content (AvgIpc) is 2.73. The van der Waals surface area contributed by atoms with Gasteiger partial charge in [-0.3, -0.25) is 9.52 Å². The van der Waals surface area contributed by atoms with Crippen molar-refractivity contribution in [3.05, 3.63) is 53.8 Å². The molecule has 1 heterocycles. The van der Waals surface area contributed by atoms with E-state index in [1.165, 1.54) is 30.3 Å². The Morgan fingerprint density at radius 2 is 2.03 bits per heavy atom. The predicted octanol–water partition coefficient (Wildman–Crippen LogP) is 3.10. The third-order valence-corrected chi connectivity index (χ3v) is 6.34. The molecular formula is C21H23FN2O6S. The maximum atomic E-state index is 13.5. The maximum Gasteiger partial charge on any atom is 0.335 e. The molecule has 2 aromatic carbocycles. The van der Waals surface area contributed by atoms with E-state index in [1.54, 1.807) is 6.92 Å². The molecule has 0 aromatic heterocycles. The molecule has 1 saturated heterocycles. The van der Waals surface area contributed by atoms with Gasteiger partial charge in [-0.2, -0.15) is 0 Å². The Bertz CT molecular complexity index is 1090. The van der Waals surface area contributed by atoms with Gasteiger partial charge >= 0.3 is 11.9 Å². The largest absolute Gasteiger partial charge is 0.478 e. The molecule has 31 heavy (non-hydrogen) atoms. The highest BCUT2D eigenvalue weighted by Gasteiger charge is 2.29. The highest BCUT2D eigenvalue weighted by molar-refractivity contribution is 7.92.